The molecular formula is C27H37F3N6O2. The second kappa shape index (κ2) is 16.8. The van der Waals surface area contributed by atoms with Crippen LogP contribution in [0.2, 0.25) is 0 Å². The number of hydrogen-bond donors (Lipinski definition) is 4. The van der Waals surface area contributed by atoms with Crippen LogP contribution in [0, 0.1) is 6.92 Å². The average Bonchev–Trinajstić information content (AvgIpc) is 3.33. The highest BCUT2D eigenvalue weighted by Crippen LogP contribution is 2.30. The van der Waals surface area contributed by atoms with Crippen molar-refractivity contribution in [3.63, 3.8) is 0 Å². The van der Waals surface area contributed by atoms with Crippen LogP contribution in [0.25, 0.3) is 5.70 Å². The summed E-state index contributed by atoms with van der Waals surface area (Å²) in [5.41, 5.74) is 11.5. The van der Waals surface area contributed by atoms with E-state index in [0.29, 0.717) is 36.6 Å². The third-order valence-corrected chi connectivity index (χ3v) is 4.57. The van der Waals surface area contributed by atoms with Gasteiger partial charge in [-0.15, -0.1) is 13.2 Å². The summed E-state index contributed by atoms with van der Waals surface area (Å²) in [6, 6.07) is 13.8. The lowest BCUT2D eigenvalue weighted by Crippen LogP contribution is -2.42. The number of carbonyl (C=O) groups is 1. The Kier molecular flexibility index (Phi) is 14.3. The van der Waals surface area contributed by atoms with E-state index >= 15 is 0 Å². The molecule has 1 amide bonds. The maximum absolute atomic E-state index is 12.5. The van der Waals surface area contributed by atoms with Crippen molar-refractivity contribution in [2.75, 3.05) is 18.4 Å². The molecule has 1 atom stereocenters. The number of amidine groups is 1. The zero-order valence-corrected chi connectivity index (χ0v) is 22.3. The fourth-order valence-electron chi connectivity index (χ4n) is 3.11. The Bertz CT molecular complexity index is 1070. The summed E-state index contributed by atoms with van der Waals surface area (Å²) in [6.45, 7) is 11.1. The van der Waals surface area contributed by atoms with Gasteiger partial charge in [-0.25, -0.2) is 4.99 Å². The van der Waals surface area contributed by atoms with Gasteiger partial charge >= 0.3 is 6.36 Å². The lowest BCUT2D eigenvalue weighted by atomic mass is 10.1. The molecule has 0 aromatic heterocycles. The number of carbonyl (C=O) groups excluding carboxylic acids is 1. The fraction of sp³-hybridized carbons (Fsp3) is 0.333. The van der Waals surface area contributed by atoms with Crippen LogP contribution in [0.1, 0.15) is 38.8 Å². The summed E-state index contributed by atoms with van der Waals surface area (Å²) < 4.78 is 41.6. The zero-order chi connectivity index (χ0) is 28.6. The molecule has 2 aliphatic heterocycles. The van der Waals surface area contributed by atoms with E-state index in [1.165, 1.54) is 18.2 Å². The predicted octanol–water partition coefficient (Wildman–Crippen LogP) is 5.16. The number of amides is 1. The molecule has 5 N–H and O–H groups in total. The molecule has 38 heavy (non-hydrogen) atoms. The minimum Gasteiger partial charge on any atom is -0.406 e. The first-order valence-electron chi connectivity index (χ1n) is 12.4. The molecule has 1 unspecified atom stereocenters. The van der Waals surface area contributed by atoms with Crippen LogP contribution in [-0.4, -0.2) is 43.0 Å². The smallest absolute Gasteiger partial charge is 0.406 e. The van der Waals surface area contributed by atoms with Gasteiger partial charge in [-0.3, -0.25) is 9.80 Å². The molecule has 0 aliphatic carbocycles. The summed E-state index contributed by atoms with van der Waals surface area (Å²) in [5, 5.41) is 7.39. The Labute approximate surface area is 222 Å². The second-order valence-electron chi connectivity index (χ2n) is 7.21. The molecule has 11 heteroatoms. The van der Waals surface area contributed by atoms with E-state index in [2.05, 4.69) is 25.8 Å². The number of fused-ring (bicyclic) bond motifs is 1. The van der Waals surface area contributed by atoms with Gasteiger partial charge < -0.3 is 21.1 Å². The van der Waals surface area contributed by atoms with Gasteiger partial charge in [0.05, 0.1) is 5.70 Å². The molecule has 2 aromatic carbocycles. The summed E-state index contributed by atoms with van der Waals surface area (Å²) in [5.74, 6) is 0.386. The summed E-state index contributed by atoms with van der Waals surface area (Å²) in [7, 11) is 0. The van der Waals surface area contributed by atoms with Gasteiger partial charge in [0, 0.05) is 24.3 Å². The van der Waals surface area contributed by atoms with Gasteiger partial charge in [0.15, 0.2) is 6.29 Å². The normalized spacial score (nSPS) is 15.1. The molecule has 0 saturated heterocycles. The number of halogens is 3. The number of nitrogens with one attached hydrogen (secondary N) is 3. The maximum Gasteiger partial charge on any atom is 0.573 e. The molecule has 0 saturated carbocycles. The van der Waals surface area contributed by atoms with Gasteiger partial charge in [0.25, 0.3) is 0 Å². The minimum atomic E-state index is -4.74. The highest BCUT2D eigenvalue weighted by atomic mass is 19.4. The van der Waals surface area contributed by atoms with E-state index in [4.69, 9.17) is 5.73 Å². The molecule has 8 nitrogen and oxygen atoms in total. The monoisotopic (exact) mass is 534 g/mol. The van der Waals surface area contributed by atoms with Crippen molar-refractivity contribution < 1.29 is 22.7 Å². The van der Waals surface area contributed by atoms with Crippen molar-refractivity contribution in [1.29, 1.82) is 0 Å². The van der Waals surface area contributed by atoms with E-state index < -0.39 is 12.7 Å². The number of benzene rings is 2. The Morgan fingerprint density at radius 1 is 1.13 bits per heavy atom. The Morgan fingerprint density at radius 2 is 1.82 bits per heavy atom. The van der Waals surface area contributed by atoms with E-state index in [9.17, 15) is 18.0 Å². The first-order chi connectivity index (χ1) is 18.3. The van der Waals surface area contributed by atoms with E-state index in [-0.39, 0.29) is 5.75 Å². The highest BCUT2D eigenvalue weighted by Gasteiger charge is 2.32. The van der Waals surface area contributed by atoms with Crippen LogP contribution in [0.15, 0.2) is 71.8 Å². The lowest BCUT2D eigenvalue weighted by Gasteiger charge is -2.26. The van der Waals surface area contributed by atoms with Crippen molar-refractivity contribution in [3.05, 3.63) is 77.9 Å². The van der Waals surface area contributed by atoms with Crippen molar-refractivity contribution in [2.45, 2.75) is 47.3 Å². The predicted molar refractivity (Wildman–Crippen MR) is 147 cm³/mol. The van der Waals surface area contributed by atoms with Gasteiger partial charge in [0.2, 0.25) is 6.41 Å². The Hall–Kier alpha value is -3.83. The number of rotatable bonds is 7. The number of alkyl halides is 3. The number of hydrogen-bond acceptors (Lipinski definition) is 7. The maximum atomic E-state index is 12.5. The standard InChI is InChI=1S/C20H17F3N4O.C3H8N2O.2C2H6/c1-13-8-10-15(11-9-13)24-19-25-18-7-3-6-17(27(18)26-19)14-4-2-5-16(12-14)28-20(21,22)23;4-1-2-5-3-6;2*1-2/h2-12,19,24,26H,1H3;3H,1-2,4H2,(H,5,6);2*1-2H3. The van der Waals surface area contributed by atoms with Crippen LogP contribution in [0.4, 0.5) is 18.9 Å². The molecular weight excluding hydrogens is 497 g/mol. The zero-order valence-electron chi connectivity index (χ0n) is 22.3. The minimum absolute atomic E-state index is 0.271. The summed E-state index contributed by atoms with van der Waals surface area (Å²) in [4.78, 5) is 14.0. The molecule has 0 fully saturated rings. The summed E-state index contributed by atoms with van der Waals surface area (Å²) >= 11 is 0. The first kappa shape index (κ1) is 32.2. The number of anilines is 1. The third-order valence-electron chi connectivity index (χ3n) is 4.57. The van der Waals surface area contributed by atoms with Crippen molar-refractivity contribution in [3.8, 4) is 5.75 Å². The number of nitrogens with two attached hydrogens (primary N) is 1. The average molecular weight is 535 g/mol. The molecule has 0 spiro atoms. The van der Waals surface area contributed by atoms with Crippen molar-refractivity contribution >= 4 is 23.6 Å². The van der Waals surface area contributed by atoms with Crippen LogP contribution < -0.4 is 26.5 Å². The quantitative estimate of drug-likeness (QED) is 0.289. The highest BCUT2D eigenvalue weighted by molar-refractivity contribution is 6.02. The number of aliphatic imine (C=N–C) groups is 1. The van der Waals surface area contributed by atoms with Crippen LogP contribution in [0.3, 0.4) is 0 Å². The van der Waals surface area contributed by atoms with Gasteiger partial charge in [-0.1, -0.05) is 63.6 Å². The number of nitrogens with zero attached hydrogens (tertiary/aromatic N) is 2. The van der Waals surface area contributed by atoms with Gasteiger partial charge in [-0.2, -0.15) is 5.43 Å². The SMILES string of the molecule is CC.CC.Cc1ccc(NC2N=C3C=CC=C(c4cccc(OC(F)(F)F)c4)N3N2)cc1.NCCNC=O. The summed E-state index contributed by atoms with van der Waals surface area (Å²) in [6.07, 6.45) is 0.917. The number of ether oxygens (including phenoxy) is 1. The van der Waals surface area contributed by atoms with Crippen molar-refractivity contribution in [2.24, 2.45) is 10.7 Å². The Morgan fingerprint density at radius 3 is 2.39 bits per heavy atom. The molecule has 0 radical (unpaired) electrons. The topological polar surface area (TPSA) is 104 Å². The molecule has 208 valence electrons. The van der Waals surface area contributed by atoms with E-state index in [1.807, 2.05) is 65.0 Å². The van der Waals surface area contributed by atoms with E-state index in [1.54, 1.807) is 23.2 Å². The fourth-order valence-corrected chi connectivity index (χ4v) is 3.11. The molecule has 2 heterocycles. The molecule has 2 aliphatic rings. The number of aryl methyl sites for hydroxylation is 1. The number of hydrazine groups is 1. The van der Waals surface area contributed by atoms with E-state index in [0.717, 1.165) is 11.3 Å². The number of allylic oxidation sites excluding steroid dienone is 2. The van der Waals surface area contributed by atoms with Crippen LogP contribution in [0.5, 0.6) is 5.75 Å². The van der Waals surface area contributed by atoms with Gasteiger partial charge in [-0.05, 0) is 43.3 Å². The molecule has 2 aromatic rings. The van der Waals surface area contributed by atoms with Crippen LogP contribution >= 0.6 is 0 Å². The van der Waals surface area contributed by atoms with Crippen molar-refractivity contribution in [1.82, 2.24) is 15.8 Å². The molecule has 0 bridgehead atoms. The first-order valence-corrected chi connectivity index (χ1v) is 12.4. The second-order valence-corrected chi connectivity index (χ2v) is 7.21. The van der Waals surface area contributed by atoms with Crippen LogP contribution in [-0.2, 0) is 4.79 Å². The largest absolute Gasteiger partial charge is 0.573 e. The Balaban J connectivity index is 0.000000629. The van der Waals surface area contributed by atoms with Gasteiger partial charge in [0.1, 0.15) is 11.6 Å². The lowest BCUT2D eigenvalue weighted by molar-refractivity contribution is -0.274. The third kappa shape index (κ3) is 10.7. The molecule has 4 rings (SSSR count).